The zero-order valence-corrected chi connectivity index (χ0v) is 14.2. The number of piperazine rings is 1. The lowest BCUT2D eigenvalue weighted by Gasteiger charge is -2.41. The minimum atomic E-state index is 0.687. The van der Waals surface area contributed by atoms with Crippen LogP contribution in [0.3, 0.4) is 0 Å². The van der Waals surface area contributed by atoms with Crippen LogP contribution < -0.4 is 5.32 Å². The predicted octanol–water partition coefficient (Wildman–Crippen LogP) is 3.56. The van der Waals surface area contributed by atoms with Crippen molar-refractivity contribution in [1.29, 1.82) is 0 Å². The largest absolute Gasteiger partial charge is 0.311 e. The molecule has 0 bridgehead atoms. The molecule has 0 amide bonds. The van der Waals surface area contributed by atoms with Gasteiger partial charge in [-0.3, -0.25) is 4.90 Å². The van der Waals surface area contributed by atoms with Crippen molar-refractivity contribution in [2.75, 3.05) is 19.6 Å². The van der Waals surface area contributed by atoms with Crippen LogP contribution in [0.2, 0.25) is 0 Å². The summed E-state index contributed by atoms with van der Waals surface area (Å²) in [6.45, 7) is 8.27. The van der Waals surface area contributed by atoms with Crippen LogP contribution >= 0.6 is 11.8 Å². The Labute approximate surface area is 133 Å². The number of hydrogen-bond acceptors (Lipinski definition) is 3. The average molecular weight is 305 g/mol. The third-order valence-electron chi connectivity index (χ3n) is 4.88. The van der Waals surface area contributed by atoms with Gasteiger partial charge in [-0.15, -0.1) is 11.8 Å². The molecule has 0 aromatic heterocycles. The van der Waals surface area contributed by atoms with E-state index in [9.17, 15) is 0 Å². The van der Waals surface area contributed by atoms with Crippen LogP contribution in [0, 0.1) is 0 Å². The fourth-order valence-corrected chi connectivity index (χ4v) is 5.01. The maximum Gasteiger partial charge on any atom is 0.0263 e. The monoisotopic (exact) mass is 304 g/mol. The Balaban J connectivity index is 1.62. The molecule has 0 radical (unpaired) electrons. The van der Waals surface area contributed by atoms with Gasteiger partial charge in [-0.1, -0.05) is 38.5 Å². The quantitative estimate of drug-likeness (QED) is 0.895. The van der Waals surface area contributed by atoms with E-state index in [4.69, 9.17) is 0 Å². The molecule has 2 nitrogen and oxygen atoms in total. The van der Waals surface area contributed by atoms with E-state index in [-0.39, 0.29) is 0 Å². The normalized spacial score (nSPS) is 29.5. The molecule has 3 atom stereocenters. The minimum Gasteiger partial charge on any atom is -0.311 e. The summed E-state index contributed by atoms with van der Waals surface area (Å²) in [5.74, 6) is 0. The number of hydrogen-bond donors (Lipinski definition) is 1. The Hall–Kier alpha value is -0.510. The number of rotatable bonds is 5. The second-order valence-corrected chi connectivity index (χ2v) is 7.80. The van der Waals surface area contributed by atoms with E-state index < -0.39 is 0 Å². The maximum atomic E-state index is 3.73. The van der Waals surface area contributed by atoms with E-state index in [1.165, 1.54) is 50.2 Å². The summed E-state index contributed by atoms with van der Waals surface area (Å²) in [5, 5.41) is 4.47. The third-order valence-corrected chi connectivity index (χ3v) is 6.18. The standard InChI is InChI=1S/C18H28N2S/c1-3-7-16-11-19-15(4-2)12-20(16)13-17-10-14-8-5-6-9-18(14)21-17/h5-6,8-9,15-17,19H,3-4,7,10-13H2,1-2H3. The molecular weight excluding hydrogens is 276 g/mol. The van der Waals surface area contributed by atoms with Gasteiger partial charge in [0, 0.05) is 41.9 Å². The van der Waals surface area contributed by atoms with Crippen molar-refractivity contribution in [3.8, 4) is 0 Å². The van der Waals surface area contributed by atoms with Crippen molar-refractivity contribution in [2.45, 2.75) is 61.8 Å². The second-order valence-electron chi connectivity index (χ2n) is 6.46. The molecule has 0 saturated carbocycles. The van der Waals surface area contributed by atoms with Crippen molar-refractivity contribution >= 4 is 11.8 Å². The maximum absolute atomic E-state index is 3.73. The molecule has 116 valence electrons. The van der Waals surface area contributed by atoms with Crippen molar-refractivity contribution in [3.63, 3.8) is 0 Å². The number of benzene rings is 1. The topological polar surface area (TPSA) is 15.3 Å². The van der Waals surface area contributed by atoms with E-state index >= 15 is 0 Å². The number of nitrogens with one attached hydrogen (secondary N) is 1. The highest BCUT2D eigenvalue weighted by Crippen LogP contribution is 2.37. The molecule has 3 rings (SSSR count). The first kappa shape index (κ1) is 15.4. The van der Waals surface area contributed by atoms with Crippen molar-refractivity contribution < 1.29 is 0 Å². The van der Waals surface area contributed by atoms with E-state index in [1.807, 2.05) is 0 Å². The van der Waals surface area contributed by atoms with E-state index in [1.54, 1.807) is 5.56 Å². The van der Waals surface area contributed by atoms with Gasteiger partial charge in [0.2, 0.25) is 0 Å². The Morgan fingerprint density at radius 3 is 2.90 bits per heavy atom. The fraction of sp³-hybridized carbons (Fsp3) is 0.667. The Morgan fingerprint density at radius 1 is 1.29 bits per heavy atom. The van der Waals surface area contributed by atoms with Gasteiger partial charge >= 0.3 is 0 Å². The summed E-state index contributed by atoms with van der Waals surface area (Å²) in [7, 11) is 0. The molecule has 1 aromatic rings. The van der Waals surface area contributed by atoms with E-state index in [2.05, 4.69) is 60.1 Å². The van der Waals surface area contributed by atoms with E-state index in [0.717, 1.165) is 11.3 Å². The van der Waals surface area contributed by atoms with Crippen molar-refractivity contribution in [3.05, 3.63) is 29.8 Å². The number of thioether (sulfide) groups is 1. The zero-order chi connectivity index (χ0) is 14.7. The summed E-state index contributed by atoms with van der Waals surface area (Å²) in [4.78, 5) is 4.29. The lowest BCUT2D eigenvalue weighted by molar-refractivity contribution is 0.122. The first-order chi connectivity index (χ1) is 10.3. The summed E-state index contributed by atoms with van der Waals surface area (Å²) < 4.78 is 0. The summed E-state index contributed by atoms with van der Waals surface area (Å²) in [6, 6.07) is 10.4. The molecule has 0 aliphatic carbocycles. The van der Waals surface area contributed by atoms with Gasteiger partial charge in [0.15, 0.2) is 0 Å². The summed E-state index contributed by atoms with van der Waals surface area (Å²) in [5.41, 5.74) is 1.56. The molecule has 1 fully saturated rings. The van der Waals surface area contributed by atoms with Crippen LogP contribution in [0.5, 0.6) is 0 Å². The van der Waals surface area contributed by atoms with Crippen LogP contribution in [0.25, 0.3) is 0 Å². The van der Waals surface area contributed by atoms with Gasteiger partial charge in [-0.2, -0.15) is 0 Å². The highest BCUT2D eigenvalue weighted by Gasteiger charge is 2.30. The molecule has 2 heterocycles. The molecule has 0 spiro atoms. The van der Waals surface area contributed by atoms with Gasteiger partial charge in [-0.25, -0.2) is 0 Å². The SMILES string of the molecule is CCCC1CNC(CC)CN1CC1Cc2ccccc2S1. The first-order valence-electron chi connectivity index (χ1n) is 8.52. The Morgan fingerprint density at radius 2 is 2.14 bits per heavy atom. The Bertz CT molecular complexity index is 437. The van der Waals surface area contributed by atoms with Crippen LogP contribution in [0.15, 0.2) is 29.2 Å². The molecule has 1 saturated heterocycles. The van der Waals surface area contributed by atoms with Crippen LogP contribution in [0.4, 0.5) is 0 Å². The Kier molecular flexibility index (Phi) is 5.25. The minimum absolute atomic E-state index is 0.687. The van der Waals surface area contributed by atoms with Gasteiger partial charge in [0.05, 0.1) is 0 Å². The van der Waals surface area contributed by atoms with Crippen LogP contribution in [-0.2, 0) is 6.42 Å². The van der Waals surface area contributed by atoms with Gasteiger partial charge in [-0.05, 0) is 30.9 Å². The molecule has 21 heavy (non-hydrogen) atoms. The number of fused-ring (bicyclic) bond motifs is 1. The van der Waals surface area contributed by atoms with Gasteiger partial charge in [0.25, 0.3) is 0 Å². The molecule has 2 aliphatic heterocycles. The smallest absolute Gasteiger partial charge is 0.0263 e. The van der Waals surface area contributed by atoms with Crippen molar-refractivity contribution in [2.24, 2.45) is 0 Å². The van der Waals surface area contributed by atoms with Gasteiger partial charge < -0.3 is 5.32 Å². The lowest BCUT2D eigenvalue weighted by Crippen LogP contribution is -2.57. The first-order valence-corrected chi connectivity index (χ1v) is 9.40. The fourth-order valence-electron chi connectivity index (χ4n) is 3.66. The van der Waals surface area contributed by atoms with Crippen LogP contribution in [0.1, 0.15) is 38.7 Å². The molecule has 1 N–H and O–H groups in total. The molecule has 2 aliphatic rings. The lowest BCUT2D eigenvalue weighted by atomic mass is 10.0. The predicted molar refractivity (Wildman–Crippen MR) is 92.1 cm³/mol. The van der Waals surface area contributed by atoms with Crippen molar-refractivity contribution in [1.82, 2.24) is 10.2 Å². The number of nitrogens with zero attached hydrogens (tertiary/aromatic N) is 1. The van der Waals surface area contributed by atoms with E-state index in [0.29, 0.717) is 6.04 Å². The average Bonchev–Trinajstić information content (AvgIpc) is 2.91. The van der Waals surface area contributed by atoms with Gasteiger partial charge in [0.1, 0.15) is 0 Å². The molecular formula is C18H28N2S. The highest BCUT2D eigenvalue weighted by atomic mass is 32.2. The second kappa shape index (κ2) is 7.17. The summed E-state index contributed by atoms with van der Waals surface area (Å²) >= 11 is 2.10. The molecule has 3 unspecified atom stereocenters. The van der Waals surface area contributed by atoms with Crippen LogP contribution in [-0.4, -0.2) is 41.9 Å². The molecule has 1 aromatic carbocycles. The third kappa shape index (κ3) is 3.64. The highest BCUT2D eigenvalue weighted by molar-refractivity contribution is 8.00. The molecule has 3 heteroatoms. The summed E-state index contributed by atoms with van der Waals surface area (Å²) in [6.07, 6.45) is 5.11. The zero-order valence-electron chi connectivity index (χ0n) is 13.3.